The molecule has 2 aliphatic heterocycles. The molecule has 0 bridgehead atoms. The third-order valence-electron chi connectivity index (χ3n) is 5.87. The second kappa shape index (κ2) is 16.2. The Hall–Kier alpha value is -3.90. The third kappa shape index (κ3) is 10.4. The first-order valence-corrected chi connectivity index (χ1v) is 13.2. The lowest BCUT2D eigenvalue weighted by atomic mass is 9.97. The fourth-order valence-corrected chi connectivity index (χ4v) is 4.52. The van der Waals surface area contributed by atoms with Crippen LogP contribution in [0.25, 0.3) is 0 Å². The molecule has 0 spiro atoms. The predicted octanol–water partition coefficient (Wildman–Crippen LogP) is -0.424. The lowest BCUT2D eigenvalue weighted by Gasteiger charge is -2.47. The van der Waals surface area contributed by atoms with Gasteiger partial charge in [-0.3, -0.25) is 33.6 Å². The van der Waals surface area contributed by atoms with Crippen LogP contribution in [0.4, 0.5) is 4.39 Å². The molecule has 10 atom stereocenters. The lowest BCUT2D eigenvalue weighted by molar-refractivity contribution is -0.376. The van der Waals surface area contributed by atoms with Crippen molar-refractivity contribution in [3.63, 3.8) is 0 Å². The van der Waals surface area contributed by atoms with Crippen LogP contribution >= 0.6 is 0 Å². The van der Waals surface area contributed by atoms with E-state index < -0.39 is 116 Å². The summed E-state index contributed by atoms with van der Waals surface area (Å²) >= 11 is 0. The van der Waals surface area contributed by atoms with Crippen LogP contribution in [0.1, 0.15) is 48.5 Å². The van der Waals surface area contributed by atoms with Crippen molar-refractivity contribution in [2.24, 2.45) is 0 Å². The first kappa shape index (κ1) is 36.3. The smallest absolute Gasteiger partial charge is 0.303 e. The van der Waals surface area contributed by atoms with Crippen molar-refractivity contribution in [1.82, 2.24) is 0 Å². The van der Waals surface area contributed by atoms with E-state index in [0.29, 0.717) is 0 Å². The Kier molecular flexibility index (Phi) is 13.4. The Labute approximate surface area is 250 Å². The van der Waals surface area contributed by atoms with E-state index in [9.17, 15) is 38.0 Å². The highest BCUT2D eigenvalue weighted by Crippen LogP contribution is 2.35. The van der Waals surface area contributed by atoms with Gasteiger partial charge in [-0.15, -0.1) is 0 Å². The standard InChI is InChI=1S/C26H35FO17/c1-10(28)35-9-18-20(37-12(3)30)22(39-14(5)32)24(41-16(7)34)26(43-18)44-25-23(40-15(6)33)21(38-13(4)31)19(36-11(2)29)17(8-27)42-25/h17-26H,8-9H2,1-7H3. The number of carbonyl (C=O) groups excluding carboxylic acids is 7. The fraction of sp³-hybridized carbons (Fsp3) is 0.731. The van der Waals surface area contributed by atoms with Crippen LogP contribution < -0.4 is 0 Å². The minimum Gasteiger partial charge on any atom is -0.463 e. The largest absolute Gasteiger partial charge is 0.463 e. The van der Waals surface area contributed by atoms with Gasteiger partial charge in [-0.1, -0.05) is 0 Å². The molecule has 17 nitrogen and oxygen atoms in total. The molecule has 0 aromatic carbocycles. The molecule has 10 unspecified atom stereocenters. The highest BCUT2D eigenvalue weighted by molar-refractivity contribution is 5.69. The second-order valence-corrected chi connectivity index (χ2v) is 9.62. The summed E-state index contributed by atoms with van der Waals surface area (Å²) in [4.78, 5) is 83.6. The normalized spacial score (nSPS) is 31.5. The monoisotopic (exact) mass is 638 g/mol. The van der Waals surface area contributed by atoms with E-state index >= 15 is 0 Å². The van der Waals surface area contributed by atoms with Crippen molar-refractivity contribution in [2.75, 3.05) is 13.3 Å². The van der Waals surface area contributed by atoms with E-state index in [4.69, 9.17) is 47.4 Å². The molecule has 0 aliphatic carbocycles. The zero-order valence-corrected chi connectivity index (χ0v) is 25.0. The Morgan fingerprint density at radius 2 is 0.795 bits per heavy atom. The van der Waals surface area contributed by atoms with Gasteiger partial charge in [-0.2, -0.15) is 0 Å². The number of carbonyl (C=O) groups is 7. The fourth-order valence-electron chi connectivity index (χ4n) is 4.52. The van der Waals surface area contributed by atoms with Gasteiger partial charge in [0, 0.05) is 48.5 Å². The first-order valence-electron chi connectivity index (χ1n) is 13.2. The Balaban J connectivity index is 2.63. The Morgan fingerprint density at radius 3 is 1.14 bits per heavy atom. The van der Waals surface area contributed by atoms with Crippen LogP contribution in [-0.4, -0.2) is 116 Å². The number of hydrogen-bond acceptors (Lipinski definition) is 17. The van der Waals surface area contributed by atoms with E-state index in [2.05, 4.69) is 0 Å². The van der Waals surface area contributed by atoms with Gasteiger partial charge in [-0.05, 0) is 0 Å². The van der Waals surface area contributed by atoms with Crippen LogP contribution in [0.5, 0.6) is 0 Å². The van der Waals surface area contributed by atoms with Crippen LogP contribution in [-0.2, 0) is 80.9 Å². The molecule has 0 amide bonds. The molecular weight excluding hydrogens is 603 g/mol. The molecule has 44 heavy (non-hydrogen) atoms. The summed E-state index contributed by atoms with van der Waals surface area (Å²) in [6.07, 6.45) is -16.7. The van der Waals surface area contributed by atoms with Gasteiger partial charge >= 0.3 is 41.8 Å². The van der Waals surface area contributed by atoms with Crippen molar-refractivity contribution < 1.29 is 85.3 Å². The molecule has 248 valence electrons. The maximum absolute atomic E-state index is 14.2. The highest BCUT2D eigenvalue weighted by atomic mass is 19.1. The molecule has 2 rings (SSSR count). The summed E-state index contributed by atoms with van der Waals surface area (Å²) in [6.45, 7) is 5.18. The van der Waals surface area contributed by atoms with Gasteiger partial charge in [-0.25, -0.2) is 4.39 Å². The molecule has 2 aliphatic rings. The van der Waals surface area contributed by atoms with Gasteiger partial charge in [0.05, 0.1) is 0 Å². The molecule has 0 aromatic rings. The summed E-state index contributed by atoms with van der Waals surface area (Å²) in [5, 5.41) is 0. The van der Waals surface area contributed by atoms with Gasteiger partial charge in [0.25, 0.3) is 0 Å². The second-order valence-electron chi connectivity index (χ2n) is 9.62. The quantitative estimate of drug-likeness (QED) is 0.207. The summed E-state index contributed by atoms with van der Waals surface area (Å²) in [5.41, 5.74) is 0. The number of halogens is 1. The van der Waals surface area contributed by atoms with Crippen molar-refractivity contribution >= 4 is 41.8 Å². The average molecular weight is 639 g/mol. The molecule has 2 saturated heterocycles. The molecule has 18 heteroatoms. The molecule has 0 aromatic heterocycles. The minimum atomic E-state index is -1.88. The zero-order chi connectivity index (χ0) is 33.3. The van der Waals surface area contributed by atoms with E-state index in [0.717, 1.165) is 48.5 Å². The lowest BCUT2D eigenvalue weighted by Crippen LogP contribution is -2.66. The maximum Gasteiger partial charge on any atom is 0.303 e. The Bertz CT molecular complexity index is 1090. The van der Waals surface area contributed by atoms with Crippen molar-refractivity contribution in [1.29, 1.82) is 0 Å². The van der Waals surface area contributed by atoms with Gasteiger partial charge < -0.3 is 47.4 Å². The molecule has 0 N–H and O–H groups in total. The van der Waals surface area contributed by atoms with Crippen molar-refractivity contribution in [3.05, 3.63) is 0 Å². The van der Waals surface area contributed by atoms with Gasteiger partial charge in [0.2, 0.25) is 12.6 Å². The SMILES string of the molecule is CC(=O)OCC1OC(OC2OC(CF)C(OC(C)=O)C(OC(C)=O)C2OC(C)=O)C(OC(C)=O)C(OC(C)=O)C1OC(C)=O. The predicted molar refractivity (Wildman–Crippen MR) is 134 cm³/mol. The average Bonchev–Trinajstić information content (AvgIpc) is 2.87. The van der Waals surface area contributed by atoms with Crippen LogP contribution in [0.15, 0.2) is 0 Å². The zero-order valence-electron chi connectivity index (χ0n) is 25.0. The maximum atomic E-state index is 14.2. The van der Waals surface area contributed by atoms with E-state index in [1.54, 1.807) is 0 Å². The van der Waals surface area contributed by atoms with Crippen LogP contribution in [0, 0.1) is 0 Å². The van der Waals surface area contributed by atoms with Crippen molar-refractivity contribution in [2.45, 2.75) is 110 Å². The molecule has 0 saturated carbocycles. The van der Waals surface area contributed by atoms with E-state index in [1.165, 1.54) is 0 Å². The minimum absolute atomic E-state index is 0.589. The van der Waals surface area contributed by atoms with Crippen LogP contribution in [0.2, 0.25) is 0 Å². The number of rotatable bonds is 11. The summed E-state index contributed by atoms with van der Waals surface area (Å²) in [6, 6.07) is 0. The number of alkyl halides is 1. The highest BCUT2D eigenvalue weighted by Gasteiger charge is 2.57. The molecule has 2 heterocycles. The summed E-state index contributed by atoms with van der Waals surface area (Å²) in [5.74, 6) is -6.30. The summed E-state index contributed by atoms with van der Waals surface area (Å²) in [7, 11) is 0. The van der Waals surface area contributed by atoms with E-state index in [1.807, 2.05) is 0 Å². The topological polar surface area (TPSA) is 212 Å². The Morgan fingerprint density at radius 1 is 0.477 bits per heavy atom. The molecule has 0 radical (unpaired) electrons. The van der Waals surface area contributed by atoms with E-state index in [-0.39, 0.29) is 0 Å². The van der Waals surface area contributed by atoms with Gasteiger partial charge in [0.15, 0.2) is 36.6 Å². The molecule has 2 fully saturated rings. The summed E-state index contributed by atoms with van der Waals surface area (Å²) < 4.78 is 68.2. The third-order valence-corrected chi connectivity index (χ3v) is 5.87. The van der Waals surface area contributed by atoms with Gasteiger partial charge in [0.1, 0.15) is 25.5 Å². The number of esters is 7. The molecular formula is C26H35FO17. The van der Waals surface area contributed by atoms with Crippen molar-refractivity contribution in [3.8, 4) is 0 Å². The van der Waals surface area contributed by atoms with Crippen LogP contribution in [0.3, 0.4) is 0 Å². The number of ether oxygens (including phenoxy) is 10. The number of hydrogen-bond donors (Lipinski definition) is 0. The first-order chi connectivity index (χ1) is 20.5.